The number of halogens is 1. The van der Waals surface area contributed by atoms with Gasteiger partial charge in [-0.25, -0.2) is 4.39 Å². The zero-order valence-corrected chi connectivity index (χ0v) is 8.91. The Kier molecular flexibility index (Phi) is 2.95. The molecule has 2 aromatic rings. The molecule has 2 radical (unpaired) electrons. The van der Waals surface area contributed by atoms with Crippen molar-refractivity contribution < 1.29 is 9.13 Å². The first kappa shape index (κ1) is 10.7. The molecule has 0 N–H and O–H groups in total. The Morgan fingerprint density at radius 2 is 1.62 bits per heavy atom. The van der Waals surface area contributed by atoms with E-state index in [1.165, 1.54) is 6.07 Å². The monoisotopic (exact) mass is 212 g/mol. The van der Waals surface area contributed by atoms with Crippen LogP contribution in [0.25, 0.3) is 0 Å². The van der Waals surface area contributed by atoms with E-state index < -0.39 is 0 Å². The molecule has 0 aromatic heterocycles. The minimum atomic E-state index is -0.270. The lowest BCUT2D eigenvalue weighted by Gasteiger charge is -2.06. The molecule has 16 heavy (non-hydrogen) atoms. The van der Waals surface area contributed by atoms with Gasteiger partial charge >= 0.3 is 0 Å². The molecule has 0 bridgehead atoms. The first-order chi connectivity index (χ1) is 7.65. The van der Waals surface area contributed by atoms with E-state index in [-0.39, 0.29) is 5.82 Å². The van der Waals surface area contributed by atoms with Crippen LogP contribution >= 0.6 is 0 Å². The zero-order chi connectivity index (χ0) is 11.5. The van der Waals surface area contributed by atoms with Crippen molar-refractivity contribution in [1.29, 1.82) is 0 Å². The topological polar surface area (TPSA) is 9.23 Å². The van der Waals surface area contributed by atoms with E-state index in [1.807, 2.05) is 0 Å². The van der Waals surface area contributed by atoms with Crippen LogP contribution in [0.3, 0.4) is 0 Å². The smallest absolute Gasteiger partial charge is 0.130 e. The van der Waals surface area contributed by atoms with E-state index in [2.05, 4.69) is 0 Å². The minimum Gasteiger partial charge on any atom is -0.457 e. The third kappa shape index (κ3) is 2.43. The van der Waals surface area contributed by atoms with Crippen LogP contribution in [-0.4, -0.2) is 7.85 Å². The molecule has 0 atom stereocenters. The van der Waals surface area contributed by atoms with Gasteiger partial charge in [0.2, 0.25) is 0 Å². The summed E-state index contributed by atoms with van der Waals surface area (Å²) in [4.78, 5) is 0. The average Bonchev–Trinajstić information content (AvgIpc) is 2.27. The Morgan fingerprint density at radius 1 is 1.00 bits per heavy atom. The molecule has 0 aliphatic rings. The van der Waals surface area contributed by atoms with Crippen molar-refractivity contribution in [3.63, 3.8) is 0 Å². The number of ether oxygens (including phenoxy) is 1. The predicted molar refractivity (Wildman–Crippen MR) is 63.0 cm³/mol. The van der Waals surface area contributed by atoms with Gasteiger partial charge in [-0.05, 0) is 30.7 Å². The van der Waals surface area contributed by atoms with Crippen LogP contribution in [0.15, 0.2) is 42.5 Å². The van der Waals surface area contributed by atoms with E-state index >= 15 is 0 Å². The summed E-state index contributed by atoms with van der Waals surface area (Å²) in [6.07, 6.45) is 0. The van der Waals surface area contributed by atoms with Crippen LogP contribution in [0.5, 0.6) is 11.5 Å². The maximum absolute atomic E-state index is 13.2. The van der Waals surface area contributed by atoms with Crippen molar-refractivity contribution in [2.45, 2.75) is 6.92 Å². The Morgan fingerprint density at radius 3 is 2.25 bits per heavy atom. The molecular weight excluding hydrogens is 202 g/mol. The Balaban J connectivity index is 2.20. The molecule has 0 saturated heterocycles. The fraction of sp³-hybridized carbons (Fsp3) is 0.0769. The second-order valence-electron chi connectivity index (χ2n) is 3.58. The number of benzene rings is 2. The molecule has 78 valence electrons. The Bertz CT molecular complexity index is 494. The van der Waals surface area contributed by atoms with Crippen molar-refractivity contribution in [3.8, 4) is 11.5 Å². The van der Waals surface area contributed by atoms with Crippen LogP contribution in [0, 0.1) is 12.7 Å². The molecule has 0 fully saturated rings. The summed E-state index contributed by atoms with van der Waals surface area (Å²) in [5, 5.41) is 0. The van der Waals surface area contributed by atoms with Crippen molar-refractivity contribution >= 4 is 13.3 Å². The quantitative estimate of drug-likeness (QED) is 0.695. The van der Waals surface area contributed by atoms with E-state index in [9.17, 15) is 4.39 Å². The van der Waals surface area contributed by atoms with Crippen LogP contribution < -0.4 is 10.2 Å². The lowest BCUT2D eigenvalue weighted by atomic mass is 9.97. The third-order valence-electron chi connectivity index (χ3n) is 2.26. The van der Waals surface area contributed by atoms with Gasteiger partial charge in [-0.15, -0.1) is 0 Å². The number of hydrogen-bond donors (Lipinski definition) is 0. The molecule has 0 aliphatic heterocycles. The molecule has 1 nitrogen and oxygen atoms in total. The van der Waals surface area contributed by atoms with Crippen LogP contribution in [0.2, 0.25) is 0 Å². The first-order valence-electron chi connectivity index (χ1n) is 4.95. The molecule has 0 heterocycles. The minimum absolute atomic E-state index is 0.270. The fourth-order valence-corrected chi connectivity index (χ4v) is 1.31. The van der Waals surface area contributed by atoms with Gasteiger partial charge in [0.1, 0.15) is 25.2 Å². The predicted octanol–water partition coefficient (Wildman–Crippen LogP) is 2.72. The van der Waals surface area contributed by atoms with E-state index in [0.29, 0.717) is 22.5 Å². The second-order valence-corrected chi connectivity index (χ2v) is 3.58. The van der Waals surface area contributed by atoms with E-state index in [1.54, 1.807) is 43.3 Å². The molecule has 0 saturated carbocycles. The van der Waals surface area contributed by atoms with Gasteiger partial charge in [0.25, 0.3) is 0 Å². The lowest BCUT2D eigenvalue weighted by molar-refractivity contribution is 0.476. The van der Waals surface area contributed by atoms with Gasteiger partial charge in [0, 0.05) is 6.07 Å². The summed E-state index contributed by atoms with van der Waals surface area (Å²) in [5.74, 6) is 0.846. The highest BCUT2D eigenvalue weighted by molar-refractivity contribution is 6.32. The average molecular weight is 212 g/mol. The number of aryl methyl sites for hydroxylation is 1. The standard InChI is InChI=1S/C13H10BFO/c1-9-2-5-12(8-13(9)15)16-11-6-3-10(14)4-7-11/h2-8H,1H3. The van der Waals surface area contributed by atoms with Gasteiger partial charge in [-0.2, -0.15) is 0 Å². The zero-order valence-electron chi connectivity index (χ0n) is 8.91. The summed E-state index contributed by atoms with van der Waals surface area (Å²) in [7, 11) is 5.55. The first-order valence-corrected chi connectivity index (χ1v) is 4.95. The van der Waals surface area contributed by atoms with E-state index in [4.69, 9.17) is 12.6 Å². The van der Waals surface area contributed by atoms with Crippen molar-refractivity contribution in [3.05, 3.63) is 53.8 Å². The SMILES string of the molecule is [B]c1ccc(Oc2ccc(C)c(F)c2)cc1. The maximum atomic E-state index is 13.2. The number of hydrogen-bond acceptors (Lipinski definition) is 1. The van der Waals surface area contributed by atoms with Crippen molar-refractivity contribution in [1.82, 2.24) is 0 Å². The van der Waals surface area contributed by atoms with Gasteiger partial charge < -0.3 is 4.74 Å². The van der Waals surface area contributed by atoms with E-state index in [0.717, 1.165) is 0 Å². The summed E-state index contributed by atoms with van der Waals surface area (Å²) in [6.45, 7) is 1.71. The molecule has 3 heteroatoms. The largest absolute Gasteiger partial charge is 0.457 e. The van der Waals surface area contributed by atoms with Crippen molar-refractivity contribution in [2.75, 3.05) is 0 Å². The normalized spacial score (nSPS) is 10.1. The molecule has 2 rings (SSSR count). The summed E-state index contributed by atoms with van der Waals surface area (Å²) < 4.78 is 18.7. The fourth-order valence-electron chi connectivity index (χ4n) is 1.31. The number of rotatable bonds is 2. The van der Waals surface area contributed by atoms with Crippen LogP contribution in [0.1, 0.15) is 5.56 Å². The molecular formula is C13H10BFO. The molecule has 2 aromatic carbocycles. The lowest BCUT2D eigenvalue weighted by Crippen LogP contribution is -1.99. The van der Waals surface area contributed by atoms with Gasteiger partial charge in [-0.1, -0.05) is 23.7 Å². The molecule has 0 spiro atoms. The molecule has 0 amide bonds. The Hall–Kier alpha value is -1.77. The maximum Gasteiger partial charge on any atom is 0.130 e. The summed E-state index contributed by atoms with van der Waals surface area (Å²) in [5.41, 5.74) is 1.27. The molecule has 0 unspecified atom stereocenters. The van der Waals surface area contributed by atoms with Crippen molar-refractivity contribution in [2.24, 2.45) is 0 Å². The summed E-state index contributed by atoms with van der Waals surface area (Å²) in [6, 6.07) is 11.7. The molecule has 0 aliphatic carbocycles. The third-order valence-corrected chi connectivity index (χ3v) is 2.26. The highest BCUT2D eigenvalue weighted by atomic mass is 19.1. The Labute approximate surface area is 95.3 Å². The van der Waals surface area contributed by atoms with Crippen LogP contribution in [0.4, 0.5) is 4.39 Å². The second kappa shape index (κ2) is 4.39. The van der Waals surface area contributed by atoms with Gasteiger partial charge in [0.15, 0.2) is 0 Å². The highest BCUT2D eigenvalue weighted by Gasteiger charge is 2.01. The summed E-state index contributed by atoms with van der Waals surface area (Å²) >= 11 is 0. The van der Waals surface area contributed by atoms with Gasteiger partial charge in [-0.3, -0.25) is 0 Å². The van der Waals surface area contributed by atoms with Crippen LogP contribution in [-0.2, 0) is 0 Å². The van der Waals surface area contributed by atoms with Gasteiger partial charge in [0.05, 0.1) is 0 Å². The highest BCUT2D eigenvalue weighted by Crippen LogP contribution is 2.22.